The lowest BCUT2D eigenvalue weighted by molar-refractivity contribution is 0.0892. The van der Waals surface area contributed by atoms with E-state index in [1.54, 1.807) is 20.0 Å². The molecule has 0 spiro atoms. The number of nitrogens with one attached hydrogen (secondary N) is 1. The van der Waals surface area contributed by atoms with Gasteiger partial charge in [-0.25, -0.2) is 9.97 Å². The molecule has 1 unspecified atom stereocenters. The van der Waals surface area contributed by atoms with Crippen molar-refractivity contribution in [1.82, 2.24) is 19.9 Å². The molecule has 0 saturated carbocycles. The topological polar surface area (TPSA) is 73.0 Å². The summed E-state index contributed by atoms with van der Waals surface area (Å²) in [5.74, 6) is 1.53. The molecule has 0 radical (unpaired) electrons. The van der Waals surface area contributed by atoms with Gasteiger partial charge in [-0.05, 0) is 12.8 Å². The molecule has 1 amide bonds. The van der Waals surface area contributed by atoms with Crippen LogP contribution < -0.4 is 5.32 Å². The van der Waals surface area contributed by atoms with Crippen molar-refractivity contribution in [2.45, 2.75) is 33.7 Å². The van der Waals surface area contributed by atoms with Crippen LogP contribution in [0.5, 0.6) is 0 Å². The van der Waals surface area contributed by atoms with Gasteiger partial charge in [0.25, 0.3) is 5.91 Å². The first-order valence-electron chi connectivity index (χ1n) is 6.62. The minimum Gasteiger partial charge on any atom is -0.436 e. The molecule has 6 nitrogen and oxygen atoms in total. The molecule has 0 aromatic carbocycles. The molecule has 0 bridgehead atoms. The minimum atomic E-state index is -0.259. The Morgan fingerprint density at radius 2 is 2.10 bits per heavy atom. The highest BCUT2D eigenvalue weighted by Gasteiger charge is 2.25. The van der Waals surface area contributed by atoms with Crippen molar-refractivity contribution >= 4 is 5.91 Å². The number of hydrogen-bond donors (Lipinski definition) is 1. The van der Waals surface area contributed by atoms with Crippen LogP contribution in [0.1, 0.15) is 47.9 Å². The van der Waals surface area contributed by atoms with Crippen LogP contribution in [-0.4, -0.2) is 20.4 Å². The van der Waals surface area contributed by atoms with Crippen molar-refractivity contribution < 1.29 is 9.21 Å². The highest BCUT2D eigenvalue weighted by atomic mass is 16.4. The van der Waals surface area contributed by atoms with E-state index in [4.69, 9.17) is 4.42 Å². The van der Waals surface area contributed by atoms with Crippen molar-refractivity contribution in [3.63, 3.8) is 0 Å². The van der Waals surface area contributed by atoms with E-state index in [1.807, 2.05) is 31.7 Å². The summed E-state index contributed by atoms with van der Waals surface area (Å²) < 4.78 is 7.26. The first kappa shape index (κ1) is 14.3. The second kappa shape index (κ2) is 5.48. The SMILES string of the molecule is Cc1nc(C)c(C(=O)NC(c2nccn2C)C(C)C)o1. The smallest absolute Gasteiger partial charge is 0.289 e. The highest BCUT2D eigenvalue weighted by Crippen LogP contribution is 2.21. The van der Waals surface area contributed by atoms with E-state index in [2.05, 4.69) is 15.3 Å². The molecule has 0 aliphatic heterocycles. The molecule has 2 heterocycles. The fraction of sp³-hybridized carbons (Fsp3) is 0.500. The molecule has 6 heteroatoms. The van der Waals surface area contributed by atoms with Gasteiger partial charge >= 0.3 is 0 Å². The maximum absolute atomic E-state index is 12.3. The number of aromatic nitrogens is 3. The molecule has 0 aliphatic rings. The summed E-state index contributed by atoms with van der Waals surface area (Å²) in [4.78, 5) is 20.7. The van der Waals surface area contributed by atoms with E-state index in [0.29, 0.717) is 11.6 Å². The average molecular weight is 276 g/mol. The van der Waals surface area contributed by atoms with Crippen LogP contribution in [0.3, 0.4) is 0 Å². The Hall–Kier alpha value is -2.11. The van der Waals surface area contributed by atoms with Crippen LogP contribution in [0.2, 0.25) is 0 Å². The van der Waals surface area contributed by atoms with Gasteiger partial charge in [0.05, 0.1) is 11.7 Å². The number of amides is 1. The lowest BCUT2D eigenvalue weighted by Gasteiger charge is -2.21. The van der Waals surface area contributed by atoms with E-state index in [1.165, 1.54) is 0 Å². The van der Waals surface area contributed by atoms with E-state index in [9.17, 15) is 4.79 Å². The number of nitrogens with zero attached hydrogens (tertiary/aromatic N) is 3. The molecule has 1 N–H and O–H groups in total. The van der Waals surface area contributed by atoms with Gasteiger partial charge in [-0.1, -0.05) is 13.8 Å². The Kier molecular flexibility index (Phi) is 3.92. The van der Waals surface area contributed by atoms with Gasteiger partial charge in [-0.2, -0.15) is 0 Å². The Morgan fingerprint density at radius 3 is 2.55 bits per heavy atom. The van der Waals surface area contributed by atoms with E-state index >= 15 is 0 Å². The second-order valence-corrected chi connectivity index (χ2v) is 5.24. The lowest BCUT2D eigenvalue weighted by Crippen LogP contribution is -2.33. The van der Waals surface area contributed by atoms with Crippen molar-refractivity contribution in [1.29, 1.82) is 0 Å². The minimum absolute atomic E-state index is 0.174. The number of rotatable bonds is 4. The van der Waals surface area contributed by atoms with E-state index < -0.39 is 0 Å². The third-order valence-corrected chi connectivity index (χ3v) is 3.20. The quantitative estimate of drug-likeness (QED) is 0.928. The molecule has 20 heavy (non-hydrogen) atoms. The molecule has 108 valence electrons. The number of carbonyl (C=O) groups excluding carboxylic acids is 1. The van der Waals surface area contributed by atoms with Crippen molar-refractivity contribution in [3.8, 4) is 0 Å². The zero-order valence-electron chi connectivity index (χ0n) is 12.5. The van der Waals surface area contributed by atoms with Gasteiger partial charge in [0.15, 0.2) is 5.89 Å². The Morgan fingerprint density at radius 1 is 1.40 bits per heavy atom. The normalized spacial score (nSPS) is 12.7. The largest absolute Gasteiger partial charge is 0.436 e. The lowest BCUT2D eigenvalue weighted by atomic mass is 10.0. The predicted molar refractivity (Wildman–Crippen MR) is 74.2 cm³/mol. The van der Waals surface area contributed by atoms with Gasteiger partial charge in [0.1, 0.15) is 5.82 Å². The maximum atomic E-state index is 12.3. The molecule has 0 saturated heterocycles. The van der Waals surface area contributed by atoms with Crippen LogP contribution in [0.15, 0.2) is 16.8 Å². The van der Waals surface area contributed by atoms with E-state index in [0.717, 1.165) is 5.82 Å². The van der Waals surface area contributed by atoms with Crippen LogP contribution in [-0.2, 0) is 7.05 Å². The summed E-state index contributed by atoms with van der Waals surface area (Å²) in [6.07, 6.45) is 3.58. The van der Waals surface area contributed by atoms with Crippen molar-refractivity contribution in [3.05, 3.63) is 35.6 Å². The Balaban J connectivity index is 2.23. The number of oxazole rings is 1. The first-order chi connectivity index (χ1) is 9.40. The Labute approximate surface area is 118 Å². The average Bonchev–Trinajstić information content (AvgIpc) is 2.91. The fourth-order valence-electron chi connectivity index (χ4n) is 2.15. The Bertz CT molecular complexity index is 612. The number of carbonyl (C=O) groups is 1. The molecular weight excluding hydrogens is 256 g/mol. The van der Waals surface area contributed by atoms with Crippen LogP contribution in [0.25, 0.3) is 0 Å². The van der Waals surface area contributed by atoms with Crippen LogP contribution >= 0.6 is 0 Å². The summed E-state index contributed by atoms with van der Waals surface area (Å²) in [7, 11) is 1.91. The van der Waals surface area contributed by atoms with Crippen molar-refractivity contribution in [2.75, 3.05) is 0 Å². The number of imidazole rings is 1. The summed E-state index contributed by atoms with van der Waals surface area (Å²) >= 11 is 0. The molecular formula is C14H20N4O2. The van der Waals surface area contributed by atoms with Crippen LogP contribution in [0, 0.1) is 19.8 Å². The second-order valence-electron chi connectivity index (χ2n) is 5.24. The number of aryl methyl sites for hydroxylation is 3. The van der Waals surface area contributed by atoms with Gasteiger partial charge < -0.3 is 14.3 Å². The van der Waals surface area contributed by atoms with Crippen LogP contribution in [0.4, 0.5) is 0 Å². The third kappa shape index (κ3) is 2.74. The molecule has 2 aromatic rings. The van der Waals surface area contributed by atoms with Gasteiger partial charge in [0.2, 0.25) is 5.76 Å². The molecule has 0 aliphatic carbocycles. The summed E-state index contributed by atoms with van der Waals surface area (Å²) in [5.41, 5.74) is 0.599. The molecule has 2 aromatic heterocycles. The molecule has 1 atom stereocenters. The predicted octanol–water partition coefficient (Wildman–Crippen LogP) is 2.15. The zero-order valence-corrected chi connectivity index (χ0v) is 12.5. The highest BCUT2D eigenvalue weighted by molar-refractivity contribution is 5.92. The summed E-state index contributed by atoms with van der Waals surface area (Å²) in [5, 5.41) is 2.97. The number of hydrogen-bond acceptors (Lipinski definition) is 4. The first-order valence-corrected chi connectivity index (χ1v) is 6.62. The van der Waals surface area contributed by atoms with Gasteiger partial charge in [-0.15, -0.1) is 0 Å². The van der Waals surface area contributed by atoms with Crippen molar-refractivity contribution in [2.24, 2.45) is 13.0 Å². The molecule has 0 fully saturated rings. The summed E-state index contributed by atoms with van der Waals surface area (Å²) in [6.45, 7) is 7.56. The maximum Gasteiger partial charge on any atom is 0.289 e. The molecule has 2 rings (SSSR count). The fourth-order valence-corrected chi connectivity index (χ4v) is 2.15. The standard InChI is InChI=1S/C14H20N4O2/c1-8(2)11(13-15-6-7-18(13)5)17-14(19)12-9(3)16-10(4)20-12/h6-8,11H,1-5H3,(H,17,19). The van der Waals surface area contributed by atoms with Gasteiger partial charge in [-0.3, -0.25) is 4.79 Å². The monoisotopic (exact) mass is 276 g/mol. The van der Waals surface area contributed by atoms with E-state index in [-0.39, 0.29) is 23.6 Å². The van der Waals surface area contributed by atoms with Gasteiger partial charge in [0, 0.05) is 26.4 Å². The summed E-state index contributed by atoms with van der Waals surface area (Å²) in [6, 6.07) is -0.174. The third-order valence-electron chi connectivity index (χ3n) is 3.20. The zero-order chi connectivity index (χ0) is 14.9.